The zero-order chi connectivity index (χ0) is 9.90. The molecule has 1 aromatic rings. The van der Waals surface area contributed by atoms with Crippen molar-refractivity contribution in [2.75, 3.05) is 0 Å². The van der Waals surface area contributed by atoms with Crippen molar-refractivity contribution in [3.05, 3.63) is 29.3 Å². The van der Waals surface area contributed by atoms with E-state index in [0.29, 0.717) is 0 Å². The molecule has 0 radical (unpaired) electrons. The SMILES string of the molecule is C[Si](C)(C)[SiH2]Sc1ccc(Cl)cc1. The van der Waals surface area contributed by atoms with Gasteiger partial charge in [0.15, 0.2) is 0 Å². The van der Waals surface area contributed by atoms with Gasteiger partial charge in [-0.2, -0.15) is 11.2 Å². The van der Waals surface area contributed by atoms with Crippen LogP contribution in [0.15, 0.2) is 29.2 Å². The highest BCUT2D eigenvalue weighted by Crippen LogP contribution is 2.21. The average molecular weight is 247 g/mol. The van der Waals surface area contributed by atoms with Gasteiger partial charge in [0, 0.05) is 17.5 Å². The fraction of sp³-hybridized carbons (Fsp3) is 0.333. The lowest BCUT2D eigenvalue weighted by Crippen LogP contribution is -2.27. The smallest absolute Gasteiger partial charge is 0.0846 e. The summed E-state index contributed by atoms with van der Waals surface area (Å²) in [5.74, 6) is 0. The normalized spacial score (nSPS) is 12.6. The van der Waals surface area contributed by atoms with Crippen LogP contribution in [0.2, 0.25) is 24.7 Å². The molecule has 0 N–H and O–H groups in total. The number of hydrogen-bond acceptors (Lipinski definition) is 1. The van der Waals surface area contributed by atoms with Gasteiger partial charge in [0.05, 0.1) is 8.19 Å². The lowest BCUT2D eigenvalue weighted by Gasteiger charge is -2.13. The first-order valence-electron chi connectivity index (χ1n) is 4.36. The van der Waals surface area contributed by atoms with Crippen LogP contribution in [0.25, 0.3) is 0 Å². The van der Waals surface area contributed by atoms with Crippen molar-refractivity contribution < 1.29 is 0 Å². The number of hydrogen-bond donors (Lipinski definition) is 0. The summed E-state index contributed by atoms with van der Waals surface area (Å²) in [5, 5.41) is 0.832. The van der Waals surface area contributed by atoms with E-state index in [1.54, 1.807) is 0 Å². The molecule has 0 aliphatic heterocycles. The largest absolute Gasteiger partial charge is 0.162 e. The van der Waals surface area contributed by atoms with E-state index in [0.717, 1.165) is 5.02 Å². The second-order valence-corrected chi connectivity index (χ2v) is 21.6. The van der Waals surface area contributed by atoms with Crippen molar-refractivity contribution in [1.29, 1.82) is 0 Å². The monoisotopic (exact) mass is 246 g/mol. The van der Waals surface area contributed by atoms with E-state index in [4.69, 9.17) is 11.6 Å². The molecule has 0 aliphatic carbocycles. The summed E-state index contributed by atoms with van der Waals surface area (Å²) < 4.78 is 0. The van der Waals surface area contributed by atoms with Gasteiger partial charge >= 0.3 is 0 Å². The molecule has 0 atom stereocenters. The topological polar surface area (TPSA) is 0 Å². The molecule has 4 heteroatoms. The van der Waals surface area contributed by atoms with Crippen molar-refractivity contribution in [2.24, 2.45) is 0 Å². The summed E-state index contributed by atoms with van der Waals surface area (Å²) in [6, 6.07) is 8.20. The molecule has 0 spiro atoms. The average Bonchev–Trinajstić information content (AvgIpc) is 2.02. The van der Waals surface area contributed by atoms with Gasteiger partial charge in [-0.25, -0.2) is 0 Å². The first kappa shape index (κ1) is 11.4. The maximum absolute atomic E-state index is 5.81. The highest BCUT2D eigenvalue weighted by atomic mass is 35.5. The van der Waals surface area contributed by atoms with Gasteiger partial charge in [-0.1, -0.05) is 31.2 Å². The quantitative estimate of drug-likeness (QED) is 0.738. The summed E-state index contributed by atoms with van der Waals surface area (Å²) in [5.41, 5.74) is 0. The third kappa shape index (κ3) is 4.91. The van der Waals surface area contributed by atoms with Crippen LogP contribution in [-0.2, 0) is 0 Å². The maximum atomic E-state index is 5.81. The minimum absolute atomic E-state index is 0.0515. The van der Waals surface area contributed by atoms with Crippen LogP contribution in [0.5, 0.6) is 0 Å². The first-order chi connectivity index (χ1) is 5.97. The maximum Gasteiger partial charge on any atom is 0.0846 e. The number of halogens is 1. The Labute approximate surface area is 92.3 Å². The van der Waals surface area contributed by atoms with Crippen LogP contribution >= 0.6 is 22.8 Å². The third-order valence-electron chi connectivity index (χ3n) is 1.49. The Kier molecular flexibility index (Phi) is 4.10. The van der Waals surface area contributed by atoms with E-state index in [1.807, 2.05) is 12.1 Å². The number of rotatable bonds is 3. The van der Waals surface area contributed by atoms with Crippen LogP contribution in [0.3, 0.4) is 0 Å². The predicted molar refractivity (Wildman–Crippen MR) is 69.2 cm³/mol. The molecule has 0 nitrogen and oxygen atoms in total. The van der Waals surface area contributed by atoms with Crippen molar-refractivity contribution in [3.8, 4) is 0 Å². The van der Waals surface area contributed by atoms with Gasteiger partial charge in [-0.3, -0.25) is 0 Å². The van der Waals surface area contributed by atoms with E-state index in [1.165, 1.54) is 4.90 Å². The fourth-order valence-corrected chi connectivity index (χ4v) is 9.66. The van der Waals surface area contributed by atoms with Crippen LogP contribution in [0.1, 0.15) is 0 Å². The predicted octanol–water partition coefficient (Wildman–Crippen LogP) is 3.35. The summed E-state index contributed by atoms with van der Waals surface area (Å²) in [4.78, 5) is 1.39. The Hall–Kier alpha value is 0.294. The molecular weight excluding hydrogens is 232 g/mol. The highest BCUT2D eigenvalue weighted by Gasteiger charge is 2.13. The second-order valence-electron chi connectivity index (χ2n) is 4.30. The molecule has 0 bridgehead atoms. The molecule has 0 fully saturated rings. The van der Waals surface area contributed by atoms with E-state index in [-0.39, 0.29) is 8.19 Å². The van der Waals surface area contributed by atoms with E-state index in [2.05, 4.69) is 43.0 Å². The van der Waals surface area contributed by atoms with Gasteiger partial charge in [-0.15, -0.1) is 0 Å². The van der Waals surface area contributed by atoms with E-state index in [9.17, 15) is 0 Å². The van der Waals surface area contributed by atoms with Crippen LogP contribution in [0.4, 0.5) is 0 Å². The molecule has 72 valence electrons. The van der Waals surface area contributed by atoms with Crippen molar-refractivity contribution in [2.45, 2.75) is 24.5 Å². The van der Waals surface area contributed by atoms with Gasteiger partial charge in [-0.05, 0) is 24.3 Å². The molecule has 0 saturated heterocycles. The van der Waals surface area contributed by atoms with Gasteiger partial charge in [0.25, 0.3) is 0 Å². The van der Waals surface area contributed by atoms with Crippen LogP contribution in [0, 0.1) is 0 Å². The number of benzene rings is 1. The summed E-state index contributed by atoms with van der Waals surface area (Å²) >= 11 is 7.89. The molecule has 0 unspecified atom stereocenters. The Morgan fingerprint density at radius 2 is 1.69 bits per heavy atom. The fourth-order valence-electron chi connectivity index (χ4n) is 0.831. The Morgan fingerprint density at radius 1 is 1.15 bits per heavy atom. The summed E-state index contributed by atoms with van der Waals surface area (Å²) in [6.45, 7) is 7.34. The zero-order valence-electron chi connectivity index (χ0n) is 8.30. The standard InChI is InChI=1S/C9H15ClSSi2/c1-13(2,3)12-11-9-6-4-8(10)5-7-9/h4-7H,12H2,1-3H3. The lowest BCUT2D eigenvalue weighted by molar-refractivity contribution is 1.48. The molecule has 1 rings (SSSR count). The first-order valence-corrected chi connectivity index (χ1v) is 13.3. The van der Waals surface area contributed by atoms with Crippen molar-refractivity contribution in [3.63, 3.8) is 0 Å². The summed E-state index contributed by atoms with van der Waals surface area (Å²) in [6.07, 6.45) is 0. The van der Waals surface area contributed by atoms with E-state index < -0.39 is 7.59 Å². The highest BCUT2D eigenvalue weighted by molar-refractivity contribution is 8.28. The van der Waals surface area contributed by atoms with Gasteiger partial charge in [0.1, 0.15) is 0 Å². The molecule has 0 saturated carbocycles. The molecule has 0 heterocycles. The van der Waals surface area contributed by atoms with E-state index >= 15 is 0 Å². The Morgan fingerprint density at radius 3 is 2.15 bits per heavy atom. The molecule has 0 aliphatic rings. The summed E-state index contributed by atoms with van der Waals surface area (Å²) in [7, 11) is -0.733. The lowest BCUT2D eigenvalue weighted by atomic mass is 10.4. The van der Waals surface area contributed by atoms with Gasteiger partial charge in [0.2, 0.25) is 0 Å². The minimum atomic E-state index is -0.785. The molecule has 1 aromatic carbocycles. The van der Waals surface area contributed by atoms with Gasteiger partial charge < -0.3 is 0 Å². The third-order valence-corrected chi connectivity index (χ3v) is 16.5. The molecular formula is C9H15ClSSi2. The van der Waals surface area contributed by atoms with Crippen LogP contribution < -0.4 is 0 Å². The molecule has 13 heavy (non-hydrogen) atoms. The Bertz CT molecular complexity index is 266. The second kappa shape index (κ2) is 4.69. The molecule has 0 aromatic heterocycles. The zero-order valence-corrected chi connectivity index (χ0v) is 12.3. The molecule has 0 amide bonds. The Balaban J connectivity index is 2.51. The van der Waals surface area contributed by atoms with Crippen LogP contribution in [-0.4, -0.2) is 15.8 Å². The minimum Gasteiger partial charge on any atom is -0.162 e. The van der Waals surface area contributed by atoms with Crippen molar-refractivity contribution >= 4 is 38.6 Å². The van der Waals surface area contributed by atoms with Crippen molar-refractivity contribution in [1.82, 2.24) is 0 Å².